The maximum Gasteiger partial charge on any atom is 0.127 e. The highest BCUT2D eigenvalue weighted by Crippen LogP contribution is 2.24. The van der Waals surface area contributed by atoms with Gasteiger partial charge in [0.15, 0.2) is 0 Å². The van der Waals surface area contributed by atoms with Gasteiger partial charge in [-0.25, -0.2) is 9.37 Å². The SMILES string of the molecule is Cc1cncc(-c2ccc(Oc3ccc(F)cc3)cc2)n1. The number of benzene rings is 2. The van der Waals surface area contributed by atoms with Gasteiger partial charge in [0.1, 0.15) is 17.3 Å². The Morgan fingerprint density at radius 3 is 2.10 bits per heavy atom. The zero-order valence-corrected chi connectivity index (χ0v) is 11.5. The fourth-order valence-corrected chi connectivity index (χ4v) is 1.94. The molecule has 0 saturated heterocycles. The summed E-state index contributed by atoms with van der Waals surface area (Å²) in [7, 11) is 0. The van der Waals surface area contributed by atoms with Gasteiger partial charge in [-0.15, -0.1) is 0 Å². The molecule has 0 aliphatic heterocycles. The van der Waals surface area contributed by atoms with Gasteiger partial charge in [-0.05, 0) is 55.5 Å². The van der Waals surface area contributed by atoms with Crippen LogP contribution in [0.1, 0.15) is 5.69 Å². The van der Waals surface area contributed by atoms with Gasteiger partial charge in [-0.2, -0.15) is 0 Å². The summed E-state index contributed by atoms with van der Waals surface area (Å²) in [4.78, 5) is 8.55. The Morgan fingerprint density at radius 2 is 1.48 bits per heavy atom. The van der Waals surface area contributed by atoms with Gasteiger partial charge in [0, 0.05) is 11.8 Å². The lowest BCUT2D eigenvalue weighted by Gasteiger charge is -2.07. The zero-order chi connectivity index (χ0) is 14.7. The minimum atomic E-state index is -0.282. The number of nitrogens with zero attached hydrogens (tertiary/aromatic N) is 2. The molecule has 1 aromatic heterocycles. The van der Waals surface area contributed by atoms with Gasteiger partial charge in [-0.1, -0.05) is 0 Å². The molecule has 3 nitrogen and oxygen atoms in total. The predicted molar refractivity (Wildman–Crippen MR) is 78.7 cm³/mol. The summed E-state index contributed by atoms with van der Waals surface area (Å²) < 4.78 is 18.5. The van der Waals surface area contributed by atoms with Crippen LogP contribution in [-0.4, -0.2) is 9.97 Å². The minimum absolute atomic E-state index is 0.282. The van der Waals surface area contributed by atoms with Crippen molar-refractivity contribution in [1.82, 2.24) is 9.97 Å². The Labute approximate surface area is 122 Å². The highest BCUT2D eigenvalue weighted by Gasteiger charge is 2.02. The van der Waals surface area contributed by atoms with Crippen LogP contribution in [-0.2, 0) is 0 Å². The van der Waals surface area contributed by atoms with Crippen molar-refractivity contribution in [2.45, 2.75) is 6.92 Å². The van der Waals surface area contributed by atoms with Crippen LogP contribution < -0.4 is 4.74 Å². The average molecular weight is 280 g/mol. The van der Waals surface area contributed by atoms with Crippen LogP contribution in [0.25, 0.3) is 11.3 Å². The molecule has 2 aromatic carbocycles. The van der Waals surface area contributed by atoms with Gasteiger partial charge in [0.2, 0.25) is 0 Å². The molecular formula is C17H13FN2O. The minimum Gasteiger partial charge on any atom is -0.457 e. The number of halogens is 1. The largest absolute Gasteiger partial charge is 0.457 e. The molecule has 0 aliphatic carbocycles. The number of aromatic nitrogens is 2. The highest BCUT2D eigenvalue weighted by molar-refractivity contribution is 5.59. The normalized spacial score (nSPS) is 10.4. The highest BCUT2D eigenvalue weighted by atomic mass is 19.1. The van der Waals surface area contributed by atoms with Crippen molar-refractivity contribution in [3.63, 3.8) is 0 Å². The molecule has 0 aliphatic rings. The smallest absolute Gasteiger partial charge is 0.127 e. The first-order chi connectivity index (χ1) is 10.2. The van der Waals surface area contributed by atoms with Crippen molar-refractivity contribution in [2.24, 2.45) is 0 Å². The van der Waals surface area contributed by atoms with Gasteiger partial charge >= 0.3 is 0 Å². The molecule has 0 atom stereocenters. The fourth-order valence-electron chi connectivity index (χ4n) is 1.94. The van der Waals surface area contributed by atoms with E-state index in [2.05, 4.69) is 9.97 Å². The van der Waals surface area contributed by atoms with Gasteiger partial charge < -0.3 is 4.74 Å². The molecule has 0 amide bonds. The van der Waals surface area contributed by atoms with Crippen LogP contribution in [0.2, 0.25) is 0 Å². The van der Waals surface area contributed by atoms with E-state index in [-0.39, 0.29) is 5.82 Å². The lowest BCUT2D eigenvalue weighted by Crippen LogP contribution is -1.89. The van der Waals surface area contributed by atoms with E-state index in [1.807, 2.05) is 31.2 Å². The van der Waals surface area contributed by atoms with Gasteiger partial charge in [0.05, 0.1) is 17.6 Å². The van der Waals surface area contributed by atoms with Gasteiger partial charge in [0.25, 0.3) is 0 Å². The third-order valence-electron chi connectivity index (χ3n) is 2.95. The second kappa shape index (κ2) is 5.71. The summed E-state index contributed by atoms with van der Waals surface area (Å²) in [6.07, 6.45) is 3.44. The molecule has 0 unspecified atom stereocenters. The molecule has 0 N–H and O–H groups in total. The Hall–Kier alpha value is -2.75. The Balaban J connectivity index is 1.79. The van der Waals surface area contributed by atoms with Crippen molar-refractivity contribution >= 4 is 0 Å². The van der Waals surface area contributed by atoms with Crippen molar-refractivity contribution < 1.29 is 9.13 Å². The molecule has 0 fully saturated rings. The second-order valence-electron chi connectivity index (χ2n) is 4.63. The lowest BCUT2D eigenvalue weighted by atomic mass is 10.1. The molecule has 3 aromatic rings. The molecule has 0 bridgehead atoms. The fraction of sp³-hybridized carbons (Fsp3) is 0.0588. The summed E-state index contributed by atoms with van der Waals surface area (Å²) >= 11 is 0. The summed E-state index contributed by atoms with van der Waals surface area (Å²) in [5, 5.41) is 0. The Morgan fingerprint density at radius 1 is 0.857 bits per heavy atom. The molecule has 104 valence electrons. The van der Waals surface area contributed by atoms with E-state index in [9.17, 15) is 4.39 Å². The molecule has 4 heteroatoms. The van der Waals surface area contributed by atoms with Gasteiger partial charge in [-0.3, -0.25) is 4.98 Å². The van der Waals surface area contributed by atoms with Crippen molar-refractivity contribution in [1.29, 1.82) is 0 Å². The number of ether oxygens (including phenoxy) is 1. The molecule has 0 saturated carbocycles. The number of rotatable bonds is 3. The van der Waals surface area contributed by atoms with Crippen LogP contribution >= 0.6 is 0 Å². The predicted octanol–water partition coefficient (Wildman–Crippen LogP) is 4.38. The molecule has 21 heavy (non-hydrogen) atoms. The molecule has 3 rings (SSSR count). The zero-order valence-electron chi connectivity index (χ0n) is 11.5. The summed E-state index contributed by atoms with van der Waals surface area (Å²) in [6, 6.07) is 13.5. The molecule has 0 radical (unpaired) electrons. The second-order valence-corrected chi connectivity index (χ2v) is 4.63. The summed E-state index contributed by atoms with van der Waals surface area (Å²) in [6.45, 7) is 1.91. The number of hydrogen-bond acceptors (Lipinski definition) is 3. The lowest BCUT2D eigenvalue weighted by molar-refractivity contribution is 0.480. The summed E-state index contributed by atoms with van der Waals surface area (Å²) in [5.41, 5.74) is 2.67. The maximum absolute atomic E-state index is 12.8. The number of aryl methyl sites for hydroxylation is 1. The monoisotopic (exact) mass is 280 g/mol. The van der Waals surface area contributed by atoms with Crippen LogP contribution in [0, 0.1) is 12.7 Å². The van der Waals surface area contributed by atoms with Crippen LogP contribution in [0.15, 0.2) is 60.9 Å². The van der Waals surface area contributed by atoms with E-state index in [1.165, 1.54) is 12.1 Å². The van der Waals surface area contributed by atoms with Crippen LogP contribution in [0.3, 0.4) is 0 Å². The molecule has 1 heterocycles. The molecule has 0 spiro atoms. The first-order valence-electron chi connectivity index (χ1n) is 6.53. The first-order valence-corrected chi connectivity index (χ1v) is 6.53. The van der Waals surface area contributed by atoms with E-state index in [0.717, 1.165) is 17.0 Å². The first kappa shape index (κ1) is 13.2. The van der Waals surface area contributed by atoms with E-state index >= 15 is 0 Å². The van der Waals surface area contributed by atoms with Crippen molar-refractivity contribution in [3.8, 4) is 22.8 Å². The third-order valence-corrected chi connectivity index (χ3v) is 2.95. The van der Waals surface area contributed by atoms with E-state index in [4.69, 9.17) is 4.74 Å². The van der Waals surface area contributed by atoms with Crippen molar-refractivity contribution in [2.75, 3.05) is 0 Å². The van der Waals surface area contributed by atoms with E-state index in [0.29, 0.717) is 11.5 Å². The number of hydrogen-bond donors (Lipinski definition) is 0. The van der Waals surface area contributed by atoms with Crippen LogP contribution in [0.5, 0.6) is 11.5 Å². The van der Waals surface area contributed by atoms with Crippen LogP contribution in [0.4, 0.5) is 4.39 Å². The quantitative estimate of drug-likeness (QED) is 0.714. The van der Waals surface area contributed by atoms with E-state index < -0.39 is 0 Å². The summed E-state index contributed by atoms with van der Waals surface area (Å²) in [5.74, 6) is 1.00. The van der Waals surface area contributed by atoms with E-state index in [1.54, 1.807) is 24.5 Å². The Kier molecular flexibility index (Phi) is 3.60. The standard InChI is InChI=1S/C17H13FN2O/c1-12-10-19-11-17(20-12)13-2-6-15(7-3-13)21-16-8-4-14(18)5-9-16/h2-11H,1H3. The average Bonchev–Trinajstić information content (AvgIpc) is 2.50. The maximum atomic E-state index is 12.8. The molecular weight excluding hydrogens is 267 g/mol. The topological polar surface area (TPSA) is 35.0 Å². The van der Waals surface area contributed by atoms with Crippen molar-refractivity contribution in [3.05, 3.63) is 72.4 Å². The third kappa shape index (κ3) is 3.23. The Bertz CT molecular complexity index is 739.